The van der Waals surface area contributed by atoms with E-state index in [1.54, 1.807) is 12.1 Å². The van der Waals surface area contributed by atoms with Crippen molar-refractivity contribution in [1.29, 1.82) is 0 Å². The van der Waals surface area contributed by atoms with Crippen LogP contribution in [0.1, 0.15) is 44.2 Å². The monoisotopic (exact) mass is 370 g/mol. The summed E-state index contributed by atoms with van der Waals surface area (Å²) in [6.07, 6.45) is 1.80. The van der Waals surface area contributed by atoms with E-state index < -0.39 is 5.60 Å². The first kappa shape index (κ1) is 18.9. The van der Waals surface area contributed by atoms with Crippen molar-refractivity contribution in [2.45, 2.75) is 38.7 Å². The molecule has 0 saturated heterocycles. The average molecular weight is 370 g/mol. The van der Waals surface area contributed by atoms with E-state index in [-0.39, 0.29) is 24.1 Å². The van der Waals surface area contributed by atoms with Crippen molar-refractivity contribution in [3.05, 3.63) is 41.7 Å². The van der Waals surface area contributed by atoms with Crippen LogP contribution in [-0.4, -0.2) is 46.8 Å². The van der Waals surface area contributed by atoms with Crippen LogP contribution >= 0.6 is 0 Å². The predicted molar refractivity (Wildman–Crippen MR) is 104 cm³/mol. The Kier molecular flexibility index (Phi) is 5.21. The fraction of sp³-hybridized carbons (Fsp3) is 0.450. The minimum atomic E-state index is -0.494. The lowest BCUT2D eigenvalue weighted by Gasteiger charge is -2.22. The summed E-state index contributed by atoms with van der Waals surface area (Å²) in [4.78, 5) is 23.0. The molecule has 0 saturated carbocycles. The standard InChI is InChI=1S/C20H26N4O3/c1-20(2,3)27-16(26)8-9-24-11-15(13-6-5-7-14(25)10-13)17-18(21-4)22-12-23-19(17)24/h5-7,10,12,15,25H,8-9,11H2,1-4H3,(H,21,22,23). The molecule has 7 heteroatoms. The Morgan fingerprint density at radius 3 is 2.81 bits per heavy atom. The lowest BCUT2D eigenvalue weighted by Crippen LogP contribution is -2.29. The first-order valence-corrected chi connectivity index (χ1v) is 9.07. The Labute approximate surface area is 159 Å². The van der Waals surface area contributed by atoms with Gasteiger partial charge in [0.15, 0.2) is 0 Å². The van der Waals surface area contributed by atoms with Crippen molar-refractivity contribution < 1.29 is 14.6 Å². The Bertz CT molecular complexity index is 832. The zero-order valence-electron chi connectivity index (χ0n) is 16.2. The van der Waals surface area contributed by atoms with Crippen LogP contribution in [0.25, 0.3) is 0 Å². The Morgan fingerprint density at radius 2 is 2.15 bits per heavy atom. The van der Waals surface area contributed by atoms with E-state index in [0.29, 0.717) is 13.1 Å². The number of rotatable bonds is 5. The number of hydrogen-bond acceptors (Lipinski definition) is 7. The molecule has 1 unspecified atom stereocenters. The summed E-state index contributed by atoms with van der Waals surface area (Å²) in [5.74, 6) is 1.57. The Morgan fingerprint density at radius 1 is 1.37 bits per heavy atom. The molecule has 1 aliphatic heterocycles. The molecule has 1 aliphatic rings. The molecule has 0 aliphatic carbocycles. The number of phenolic OH excluding ortho intramolecular Hbond substituents is 1. The van der Waals surface area contributed by atoms with Crippen molar-refractivity contribution in [2.24, 2.45) is 0 Å². The fourth-order valence-electron chi connectivity index (χ4n) is 3.39. The van der Waals surface area contributed by atoms with E-state index in [1.807, 2.05) is 40.0 Å². The summed E-state index contributed by atoms with van der Waals surface area (Å²) >= 11 is 0. The predicted octanol–water partition coefficient (Wildman–Crippen LogP) is 2.91. The topological polar surface area (TPSA) is 87.6 Å². The number of hydrogen-bond donors (Lipinski definition) is 2. The third-order valence-corrected chi connectivity index (χ3v) is 4.43. The number of esters is 1. The normalized spacial score (nSPS) is 16.1. The van der Waals surface area contributed by atoms with Crippen molar-refractivity contribution in [3.8, 4) is 5.75 Å². The van der Waals surface area contributed by atoms with E-state index in [0.717, 1.165) is 22.8 Å². The Balaban J connectivity index is 1.85. The lowest BCUT2D eigenvalue weighted by molar-refractivity contribution is -0.154. The Hall–Kier alpha value is -2.83. The summed E-state index contributed by atoms with van der Waals surface area (Å²) in [7, 11) is 1.82. The van der Waals surface area contributed by atoms with Gasteiger partial charge in [0.05, 0.1) is 6.42 Å². The second-order valence-corrected chi connectivity index (χ2v) is 7.64. The summed E-state index contributed by atoms with van der Waals surface area (Å²) in [6, 6.07) is 7.23. The first-order chi connectivity index (χ1) is 12.8. The number of aromatic hydroxyl groups is 1. The molecule has 7 nitrogen and oxygen atoms in total. The lowest BCUT2D eigenvalue weighted by atomic mass is 9.94. The molecule has 2 heterocycles. The number of nitrogens with one attached hydrogen (secondary N) is 1. The molecule has 144 valence electrons. The number of benzene rings is 1. The van der Waals surface area contributed by atoms with Gasteiger partial charge in [-0.3, -0.25) is 4.79 Å². The van der Waals surface area contributed by atoms with Gasteiger partial charge in [-0.2, -0.15) is 0 Å². The van der Waals surface area contributed by atoms with Gasteiger partial charge in [-0.1, -0.05) is 12.1 Å². The van der Waals surface area contributed by atoms with Gasteiger partial charge in [0.1, 0.15) is 29.3 Å². The molecule has 0 fully saturated rings. The zero-order chi connectivity index (χ0) is 19.6. The van der Waals surface area contributed by atoms with E-state index in [1.165, 1.54) is 6.33 Å². The minimum Gasteiger partial charge on any atom is -0.508 e. The van der Waals surface area contributed by atoms with Gasteiger partial charge in [-0.15, -0.1) is 0 Å². The van der Waals surface area contributed by atoms with E-state index in [4.69, 9.17) is 4.74 Å². The van der Waals surface area contributed by atoms with Gasteiger partial charge in [0, 0.05) is 31.6 Å². The van der Waals surface area contributed by atoms with Crippen molar-refractivity contribution in [2.75, 3.05) is 30.4 Å². The molecule has 2 aromatic rings. The van der Waals surface area contributed by atoms with Crippen molar-refractivity contribution >= 4 is 17.6 Å². The highest BCUT2D eigenvalue weighted by Crippen LogP contribution is 2.42. The van der Waals surface area contributed by atoms with Crippen LogP contribution in [0.4, 0.5) is 11.6 Å². The maximum Gasteiger partial charge on any atom is 0.308 e. The third-order valence-electron chi connectivity index (χ3n) is 4.43. The molecule has 0 bridgehead atoms. The summed E-state index contributed by atoms with van der Waals surface area (Å²) < 4.78 is 5.41. The number of aromatic nitrogens is 2. The molecular formula is C20H26N4O3. The molecule has 27 heavy (non-hydrogen) atoms. The molecule has 0 radical (unpaired) electrons. The molecule has 0 spiro atoms. The molecule has 1 atom stereocenters. The highest BCUT2D eigenvalue weighted by atomic mass is 16.6. The molecule has 1 aromatic carbocycles. The highest BCUT2D eigenvalue weighted by Gasteiger charge is 2.34. The van der Waals surface area contributed by atoms with Gasteiger partial charge >= 0.3 is 5.97 Å². The summed E-state index contributed by atoms with van der Waals surface area (Å²) in [6.45, 7) is 6.76. The zero-order valence-corrected chi connectivity index (χ0v) is 16.2. The van der Waals surface area contributed by atoms with Gasteiger partial charge in [-0.25, -0.2) is 9.97 Å². The first-order valence-electron chi connectivity index (χ1n) is 9.07. The number of fused-ring (bicyclic) bond motifs is 1. The number of anilines is 2. The fourth-order valence-corrected chi connectivity index (χ4v) is 3.39. The quantitative estimate of drug-likeness (QED) is 0.783. The van der Waals surface area contributed by atoms with Crippen LogP contribution in [0.15, 0.2) is 30.6 Å². The third kappa shape index (κ3) is 4.30. The molecule has 0 amide bonds. The van der Waals surface area contributed by atoms with Crippen LogP contribution < -0.4 is 10.2 Å². The van der Waals surface area contributed by atoms with Crippen LogP contribution in [0, 0.1) is 0 Å². The van der Waals surface area contributed by atoms with E-state index >= 15 is 0 Å². The van der Waals surface area contributed by atoms with Crippen LogP contribution in [0.2, 0.25) is 0 Å². The highest BCUT2D eigenvalue weighted by molar-refractivity contribution is 5.72. The van der Waals surface area contributed by atoms with Crippen LogP contribution in [-0.2, 0) is 9.53 Å². The molecular weight excluding hydrogens is 344 g/mol. The number of carbonyl (C=O) groups is 1. The SMILES string of the molecule is CNc1ncnc2c1C(c1cccc(O)c1)CN2CCC(=O)OC(C)(C)C. The number of phenols is 1. The summed E-state index contributed by atoms with van der Waals surface area (Å²) in [5.41, 5.74) is 1.48. The minimum absolute atomic E-state index is 0.00869. The second-order valence-electron chi connectivity index (χ2n) is 7.64. The number of ether oxygens (including phenoxy) is 1. The largest absolute Gasteiger partial charge is 0.508 e. The molecule has 1 aromatic heterocycles. The van der Waals surface area contributed by atoms with Crippen molar-refractivity contribution in [3.63, 3.8) is 0 Å². The maximum absolute atomic E-state index is 12.1. The van der Waals surface area contributed by atoms with Crippen molar-refractivity contribution in [1.82, 2.24) is 9.97 Å². The molecule has 2 N–H and O–H groups in total. The van der Waals surface area contributed by atoms with Crippen LogP contribution in [0.5, 0.6) is 5.75 Å². The molecule has 3 rings (SSSR count). The van der Waals surface area contributed by atoms with Gasteiger partial charge in [0.2, 0.25) is 0 Å². The average Bonchev–Trinajstić information content (AvgIpc) is 2.97. The number of nitrogens with zero attached hydrogens (tertiary/aromatic N) is 3. The number of carbonyl (C=O) groups excluding carboxylic acids is 1. The van der Waals surface area contributed by atoms with E-state index in [9.17, 15) is 9.90 Å². The maximum atomic E-state index is 12.1. The smallest absolute Gasteiger partial charge is 0.308 e. The summed E-state index contributed by atoms with van der Waals surface area (Å²) in [5, 5.41) is 13.0. The van der Waals surface area contributed by atoms with Gasteiger partial charge in [0.25, 0.3) is 0 Å². The van der Waals surface area contributed by atoms with Gasteiger partial charge < -0.3 is 20.1 Å². The van der Waals surface area contributed by atoms with Gasteiger partial charge in [-0.05, 0) is 38.5 Å². The second kappa shape index (κ2) is 7.42. The van der Waals surface area contributed by atoms with E-state index in [2.05, 4.69) is 20.2 Å². The van der Waals surface area contributed by atoms with Crippen LogP contribution in [0.3, 0.4) is 0 Å².